The molecule has 0 atom stereocenters. The van der Waals surface area contributed by atoms with Crippen molar-refractivity contribution in [2.75, 3.05) is 0 Å². The number of benzene rings is 6. The number of para-hydroxylation sites is 1. The summed E-state index contributed by atoms with van der Waals surface area (Å²) in [5.74, 6) is -1.74. The van der Waals surface area contributed by atoms with E-state index in [1.54, 1.807) is 30.5 Å². The number of rotatable bonds is 6. The van der Waals surface area contributed by atoms with Crippen LogP contribution < -0.4 is 0 Å². The second kappa shape index (κ2) is 15.6. The zero-order valence-electron chi connectivity index (χ0n) is 53.6. The highest BCUT2D eigenvalue weighted by Gasteiger charge is 2.30. The average molecular weight is 834 g/mol. The van der Waals surface area contributed by atoms with Crippen molar-refractivity contribution in [3.05, 3.63) is 168 Å². The van der Waals surface area contributed by atoms with Gasteiger partial charge in [0.15, 0.2) is 0 Å². The van der Waals surface area contributed by atoms with Gasteiger partial charge in [0, 0.05) is 53.2 Å². The second-order valence-electron chi connectivity index (χ2n) is 18.1. The van der Waals surface area contributed by atoms with Gasteiger partial charge in [-0.15, -0.1) is 0 Å². The molecule has 0 aliphatic rings. The largest absolute Gasteiger partial charge is 0.507 e. The van der Waals surface area contributed by atoms with E-state index in [4.69, 9.17) is 34.6 Å². The fourth-order valence-electron chi connectivity index (χ4n) is 8.01. The Morgan fingerprint density at radius 1 is 0.484 bits per heavy atom. The number of hydrogen-bond acceptors (Lipinski definition) is 3. The Morgan fingerprint density at radius 3 is 1.81 bits per heavy atom. The van der Waals surface area contributed by atoms with Crippen LogP contribution in [-0.4, -0.2) is 19.6 Å². The third kappa shape index (κ3) is 8.23. The molecule has 0 spiro atoms. The Balaban J connectivity index is 1.60. The summed E-state index contributed by atoms with van der Waals surface area (Å²) in [5, 5.41) is 13.0. The fraction of sp³-hybridized carbons (Fsp3) is 0.276. The van der Waals surface area contributed by atoms with Gasteiger partial charge in [-0.2, -0.15) is 0 Å². The lowest BCUT2D eigenvalue weighted by Crippen LogP contribution is -2.17. The molecule has 6 aromatic carbocycles. The predicted octanol–water partition coefficient (Wildman–Crippen LogP) is 15.7. The molecule has 62 heavy (non-hydrogen) atoms. The summed E-state index contributed by atoms with van der Waals surface area (Å²) in [6.45, 7) is -12.3. The smallest absolute Gasteiger partial charge is 0.149 e. The van der Waals surface area contributed by atoms with Crippen molar-refractivity contribution in [2.24, 2.45) is 0 Å². The summed E-state index contributed by atoms with van der Waals surface area (Å²) in [7, 11) is 0. The lowest BCUT2D eigenvalue weighted by atomic mass is 9.78. The molecule has 0 amide bonds. The van der Waals surface area contributed by atoms with Crippen molar-refractivity contribution >= 4 is 11.0 Å². The van der Waals surface area contributed by atoms with Crippen LogP contribution in [0, 0.1) is 0 Å². The first-order valence-electron chi connectivity index (χ1n) is 29.5. The van der Waals surface area contributed by atoms with E-state index in [1.165, 1.54) is 4.57 Å². The van der Waals surface area contributed by atoms with Crippen LogP contribution in [0.15, 0.2) is 146 Å². The lowest BCUT2D eigenvalue weighted by Gasteiger charge is -2.28. The molecule has 8 aromatic rings. The van der Waals surface area contributed by atoms with Crippen LogP contribution in [-0.2, 0) is 21.7 Å². The minimum Gasteiger partial charge on any atom is -0.507 e. The maximum Gasteiger partial charge on any atom is 0.149 e. The van der Waals surface area contributed by atoms with Gasteiger partial charge in [0.05, 0.1) is 22.3 Å². The Labute approximate surface area is 394 Å². The van der Waals surface area contributed by atoms with Crippen molar-refractivity contribution in [3.8, 4) is 67.5 Å². The molecular weight excluding hydrogens is 755 g/mol. The number of aromatic nitrogens is 3. The molecular formula is C58H61N3O. The van der Waals surface area contributed by atoms with Gasteiger partial charge in [0.1, 0.15) is 11.6 Å². The molecule has 4 nitrogen and oxygen atoms in total. The van der Waals surface area contributed by atoms with E-state index < -0.39 is 91.0 Å². The van der Waals surface area contributed by atoms with Gasteiger partial charge in [0.2, 0.25) is 0 Å². The number of nitrogens with zero attached hydrogens (tertiary/aromatic N) is 3. The van der Waals surface area contributed by atoms with E-state index in [-0.39, 0.29) is 5.52 Å². The zero-order chi connectivity index (χ0) is 59.4. The standard InChI is InChI=1S/C58H61N3O/c1-55(2,3)42-31-40(30-41(32-42)50-33-39(28-29-59-50)37-20-15-13-16-21-37)46-24-19-25-51-52(46)60-54(47-34-43(56(4,5)6)35-49(53(47)62)58(10,11)12)61(51)44-26-27-45(38-22-17-14-18-23-38)48(36-44)57(7,8)9/h13-36,62H,1-12H3/i4D3,5D3,6D3,10D3,11D3,12D3. The van der Waals surface area contributed by atoms with Gasteiger partial charge in [-0.25, -0.2) is 4.98 Å². The van der Waals surface area contributed by atoms with Crippen LogP contribution in [0.5, 0.6) is 5.75 Å². The molecule has 0 aliphatic heterocycles. The molecule has 0 fully saturated rings. The van der Waals surface area contributed by atoms with Gasteiger partial charge >= 0.3 is 0 Å². The van der Waals surface area contributed by atoms with Gasteiger partial charge < -0.3 is 5.11 Å². The van der Waals surface area contributed by atoms with E-state index in [0.717, 1.165) is 45.0 Å². The minimum absolute atomic E-state index is 0.198. The van der Waals surface area contributed by atoms with E-state index in [9.17, 15) is 5.11 Å². The van der Waals surface area contributed by atoms with Crippen molar-refractivity contribution < 1.29 is 29.8 Å². The summed E-state index contributed by atoms with van der Waals surface area (Å²) < 4.78 is 159. The lowest BCUT2D eigenvalue weighted by molar-refractivity contribution is 0.446. The number of aromatic hydroxyl groups is 1. The van der Waals surface area contributed by atoms with Gasteiger partial charge in [-0.05, 0) is 115 Å². The van der Waals surface area contributed by atoms with Crippen LogP contribution in [0.4, 0.5) is 0 Å². The highest BCUT2D eigenvalue weighted by Crippen LogP contribution is 2.46. The highest BCUT2D eigenvalue weighted by atomic mass is 16.3. The topological polar surface area (TPSA) is 50.9 Å². The number of hydrogen-bond donors (Lipinski definition) is 1. The van der Waals surface area contributed by atoms with E-state index >= 15 is 0 Å². The molecule has 314 valence electrons. The van der Waals surface area contributed by atoms with Crippen LogP contribution in [0.3, 0.4) is 0 Å². The quantitative estimate of drug-likeness (QED) is 0.182. The van der Waals surface area contributed by atoms with Crippen molar-refractivity contribution in [1.82, 2.24) is 14.5 Å². The molecule has 4 heteroatoms. The fourth-order valence-corrected chi connectivity index (χ4v) is 8.01. The molecule has 0 radical (unpaired) electrons. The van der Waals surface area contributed by atoms with E-state index in [1.807, 2.05) is 145 Å². The second-order valence-corrected chi connectivity index (χ2v) is 18.1. The molecule has 1 N–H and O–H groups in total. The first-order chi connectivity index (χ1) is 36.7. The third-order valence-electron chi connectivity index (χ3n) is 11.3. The SMILES string of the molecule is [2H]C([2H])([2H])C(c1cc(-c2nc3c(-c4cc(-c5cc(-c6ccccc6)ccn5)cc(C(C)(C)C)c4)cccc3n2-c2ccc(-c3ccccc3)c(C(C)(C)C)c2)c(O)c(C(C([2H])([2H])[2H])(C([2H])([2H])[2H])C([2H])([2H])[2H])c1)(C([2H])([2H])[2H])C([2H])([2H])[2H]. The van der Waals surface area contributed by atoms with Gasteiger partial charge in [-0.1, -0.05) is 174 Å². The van der Waals surface area contributed by atoms with E-state index in [0.29, 0.717) is 34.1 Å². The molecule has 2 aromatic heterocycles. The number of phenolic OH excluding ortho intramolecular Hbond substituents is 1. The molecule has 0 aliphatic carbocycles. The summed E-state index contributed by atoms with van der Waals surface area (Å²) in [6, 6.07) is 40.8. The number of phenols is 1. The predicted molar refractivity (Wildman–Crippen MR) is 263 cm³/mol. The molecule has 0 unspecified atom stereocenters. The summed E-state index contributed by atoms with van der Waals surface area (Å²) in [6.07, 6.45) is 1.72. The number of pyridine rings is 1. The highest BCUT2D eigenvalue weighted by molar-refractivity contribution is 5.97. The average Bonchev–Trinajstić information content (AvgIpc) is 3.72. The van der Waals surface area contributed by atoms with Crippen molar-refractivity contribution in [1.29, 1.82) is 0 Å². The molecule has 0 saturated heterocycles. The van der Waals surface area contributed by atoms with Crippen LogP contribution in [0.2, 0.25) is 0 Å². The van der Waals surface area contributed by atoms with Gasteiger partial charge in [0.25, 0.3) is 0 Å². The Morgan fingerprint density at radius 2 is 1.15 bits per heavy atom. The summed E-state index contributed by atoms with van der Waals surface area (Å²) >= 11 is 0. The summed E-state index contributed by atoms with van der Waals surface area (Å²) in [4.78, 5) is 9.97. The maximum atomic E-state index is 13.0. The zero-order valence-corrected chi connectivity index (χ0v) is 35.6. The number of fused-ring (bicyclic) bond motifs is 1. The van der Waals surface area contributed by atoms with Crippen LogP contribution in [0.1, 0.15) is 130 Å². The Kier molecular flexibility index (Phi) is 6.44. The molecule has 0 saturated carbocycles. The Hall–Kier alpha value is -6.26. The van der Waals surface area contributed by atoms with E-state index in [2.05, 4.69) is 0 Å². The van der Waals surface area contributed by atoms with Crippen LogP contribution >= 0.6 is 0 Å². The maximum absolute atomic E-state index is 13.0. The first kappa shape index (κ1) is 25.6. The van der Waals surface area contributed by atoms with Crippen molar-refractivity contribution in [2.45, 2.75) is 104 Å². The first-order valence-corrected chi connectivity index (χ1v) is 20.5. The summed E-state index contributed by atoms with van der Waals surface area (Å²) in [5.41, 5.74) is -4.07. The van der Waals surface area contributed by atoms with Crippen LogP contribution in [0.25, 0.3) is 72.7 Å². The molecule has 8 rings (SSSR count). The van der Waals surface area contributed by atoms with Gasteiger partial charge in [-0.3, -0.25) is 9.55 Å². The Bertz CT molecular complexity index is 3540. The van der Waals surface area contributed by atoms with Crippen molar-refractivity contribution in [3.63, 3.8) is 0 Å². The number of imidazole rings is 1. The molecule has 2 heterocycles. The minimum atomic E-state index is -4.12. The molecule has 0 bridgehead atoms. The third-order valence-corrected chi connectivity index (χ3v) is 11.3. The normalized spacial score (nSPS) is 18.1. The monoisotopic (exact) mass is 834 g/mol.